The number of hydrogen-bond donors (Lipinski definition) is 1. The van der Waals surface area contributed by atoms with Gasteiger partial charge in [0, 0.05) is 24.5 Å². The van der Waals surface area contributed by atoms with E-state index in [4.69, 9.17) is 0 Å². The van der Waals surface area contributed by atoms with E-state index < -0.39 is 0 Å². The standard InChI is InChI=1S/C18H20FN5O2S/c1-4-5-13-9-16(26)24-17(20-13)27-18(22-24)23(3)10-15(25)21-14-7-6-12(19)8-11(14)2/h6-9H,4-5,10H2,1-3H3,(H,21,25). The number of aromatic nitrogens is 3. The van der Waals surface area contributed by atoms with E-state index >= 15 is 0 Å². The summed E-state index contributed by atoms with van der Waals surface area (Å²) in [5.41, 5.74) is 1.71. The summed E-state index contributed by atoms with van der Waals surface area (Å²) in [6.07, 6.45) is 1.63. The van der Waals surface area contributed by atoms with Gasteiger partial charge < -0.3 is 10.2 Å². The topological polar surface area (TPSA) is 79.6 Å². The van der Waals surface area contributed by atoms with Crippen LogP contribution in [0.5, 0.6) is 0 Å². The zero-order chi connectivity index (χ0) is 19.6. The summed E-state index contributed by atoms with van der Waals surface area (Å²) < 4.78 is 14.4. The minimum atomic E-state index is -0.350. The van der Waals surface area contributed by atoms with Gasteiger partial charge in [-0.3, -0.25) is 9.59 Å². The van der Waals surface area contributed by atoms with E-state index in [1.165, 1.54) is 40.1 Å². The third kappa shape index (κ3) is 4.30. The van der Waals surface area contributed by atoms with Crippen molar-refractivity contribution in [3.8, 4) is 0 Å². The Labute approximate surface area is 159 Å². The number of nitrogens with one attached hydrogen (secondary N) is 1. The summed E-state index contributed by atoms with van der Waals surface area (Å²) in [4.78, 5) is 31.1. The Morgan fingerprint density at radius 1 is 1.37 bits per heavy atom. The summed E-state index contributed by atoms with van der Waals surface area (Å²) in [6.45, 7) is 3.78. The van der Waals surface area contributed by atoms with Gasteiger partial charge in [0.25, 0.3) is 5.56 Å². The van der Waals surface area contributed by atoms with Crippen molar-refractivity contribution in [1.82, 2.24) is 14.6 Å². The lowest BCUT2D eigenvalue weighted by molar-refractivity contribution is -0.114. The quantitative estimate of drug-likeness (QED) is 0.701. The molecular formula is C18H20FN5O2S. The van der Waals surface area contributed by atoms with Crippen molar-refractivity contribution < 1.29 is 9.18 Å². The van der Waals surface area contributed by atoms with Crippen LogP contribution in [0, 0.1) is 12.7 Å². The highest BCUT2D eigenvalue weighted by molar-refractivity contribution is 7.20. The molecule has 0 atom stereocenters. The summed E-state index contributed by atoms with van der Waals surface area (Å²) in [6, 6.07) is 5.67. The number of rotatable bonds is 6. The molecule has 0 radical (unpaired) electrons. The molecule has 0 aliphatic heterocycles. The van der Waals surface area contributed by atoms with Crippen molar-refractivity contribution in [3.63, 3.8) is 0 Å². The number of halogens is 1. The van der Waals surface area contributed by atoms with Crippen LogP contribution in [-0.4, -0.2) is 34.1 Å². The molecule has 0 aliphatic rings. The first-order chi connectivity index (χ1) is 12.9. The van der Waals surface area contributed by atoms with Gasteiger partial charge in [0.2, 0.25) is 16.0 Å². The monoisotopic (exact) mass is 389 g/mol. The van der Waals surface area contributed by atoms with Crippen molar-refractivity contribution in [2.24, 2.45) is 0 Å². The summed E-state index contributed by atoms with van der Waals surface area (Å²) >= 11 is 1.25. The Morgan fingerprint density at radius 3 is 2.85 bits per heavy atom. The SMILES string of the molecule is CCCc1cc(=O)n2nc(N(C)CC(=O)Nc3ccc(F)cc3C)sc2n1. The third-order valence-corrected chi connectivity index (χ3v) is 4.99. The highest BCUT2D eigenvalue weighted by Crippen LogP contribution is 2.21. The Bertz CT molecular complexity index is 1050. The van der Waals surface area contributed by atoms with E-state index in [0.29, 0.717) is 21.3 Å². The molecule has 27 heavy (non-hydrogen) atoms. The maximum atomic E-state index is 13.2. The molecule has 0 saturated carbocycles. The second-order valence-corrected chi connectivity index (χ2v) is 7.21. The first kappa shape index (κ1) is 19.0. The molecule has 1 amide bonds. The number of hydrogen-bond acceptors (Lipinski definition) is 6. The number of fused-ring (bicyclic) bond motifs is 1. The summed E-state index contributed by atoms with van der Waals surface area (Å²) in [5, 5.41) is 7.53. The fourth-order valence-corrected chi connectivity index (χ4v) is 3.51. The first-order valence-corrected chi connectivity index (χ1v) is 9.36. The number of carbonyl (C=O) groups excluding carboxylic acids is 1. The molecular weight excluding hydrogens is 369 g/mol. The van der Waals surface area contributed by atoms with Crippen molar-refractivity contribution >= 4 is 33.0 Å². The summed E-state index contributed by atoms with van der Waals surface area (Å²) in [7, 11) is 1.72. The lowest BCUT2D eigenvalue weighted by Gasteiger charge is -2.15. The fraction of sp³-hybridized carbons (Fsp3) is 0.333. The highest BCUT2D eigenvalue weighted by Gasteiger charge is 2.15. The van der Waals surface area contributed by atoms with Crippen LogP contribution in [0.15, 0.2) is 29.1 Å². The number of amides is 1. The Hall–Kier alpha value is -2.81. The normalized spacial score (nSPS) is 11.0. The van der Waals surface area contributed by atoms with Crippen LogP contribution >= 0.6 is 11.3 Å². The van der Waals surface area contributed by atoms with Gasteiger partial charge in [-0.1, -0.05) is 24.7 Å². The van der Waals surface area contributed by atoms with Crippen molar-refractivity contribution in [3.05, 3.63) is 51.7 Å². The second kappa shape index (κ2) is 7.83. The summed E-state index contributed by atoms with van der Waals surface area (Å²) in [5.74, 6) is -0.615. The van der Waals surface area contributed by atoms with Crippen molar-refractivity contribution in [1.29, 1.82) is 0 Å². The van der Waals surface area contributed by atoms with Crippen molar-refractivity contribution in [2.45, 2.75) is 26.7 Å². The van der Waals surface area contributed by atoms with Gasteiger partial charge in [-0.15, -0.1) is 5.10 Å². The average Bonchev–Trinajstić information content (AvgIpc) is 3.02. The van der Waals surface area contributed by atoms with Crippen LogP contribution in [0.2, 0.25) is 0 Å². The third-order valence-electron chi connectivity index (χ3n) is 3.96. The zero-order valence-electron chi connectivity index (χ0n) is 15.3. The molecule has 9 heteroatoms. The van der Waals surface area contributed by atoms with Crippen LogP contribution in [0.4, 0.5) is 15.2 Å². The molecule has 0 aliphatic carbocycles. The lowest BCUT2D eigenvalue weighted by atomic mass is 10.2. The van der Waals surface area contributed by atoms with E-state index in [0.717, 1.165) is 18.5 Å². The van der Waals surface area contributed by atoms with Gasteiger partial charge in [-0.05, 0) is 37.1 Å². The first-order valence-electron chi connectivity index (χ1n) is 8.54. The number of nitrogens with zero attached hydrogens (tertiary/aromatic N) is 4. The molecule has 3 rings (SSSR count). The molecule has 0 spiro atoms. The highest BCUT2D eigenvalue weighted by atomic mass is 32.1. The molecule has 0 fully saturated rings. The van der Waals surface area contributed by atoms with Gasteiger partial charge >= 0.3 is 0 Å². The molecule has 2 heterocycles. The molecule has 7 nitrogen and oxygen atoms in total. The Morgan fingerprint density at radius 2 is 2.15 bits per heavy atom. The van der Waals surface area contributed by atoms with E-state index in [1.807, 2.05) is 6.92 Å². The Balaban J connectivity index is 1.75. The van der Waals surface area contributed by atoms with Crippen LogP contribution in [-0.2, 0) is 11.2 Å². The maximum Gasteiger partial charge on any atom is 0.275 e. The number of aryl methyl sites for hydroxylation is 2. The largest absolute Gasteiger partial charge is 0.340 e. The molecule has 2 aromatic heterocycles. The Kier molecular flexibility index (Phi) is 5.50. The van der Waals surface area contributed by atoms with E-state index in [-0.39, 0.29) is 23.8 Å². The van der Waals surface area contributed by atoms with Gasteiger partial charge in [0.05, 0.1) is 6.54 Å². The second-order valence-electron chi connectivity index (χ2n) is 6.28. The van der Waals surface area contributed by atoms with Crippen LogP contribution < -0.4 is 15.8 Å². The van der Waals surface area contributed by atoms with E-state index in [9.17, 15) is 14.0 Å². The smallest absolute Gasteiger partial charge is 0.275 e. The molecule has 3 aromatic rings. The van der Waals surface area contributed by atoms with Gasteiger partial charge in [0.15, 0.2) is 0 Å². The average molecular weight is 389 g/mol. The maximum absolute atomic E-state index is 13.2. The fourth-order valence-electron chi connectivity index (χ4n) is 2.62. The minimum Gasteiger partial charge on any atom is -0.340 e. The van der Waals surface area contributed by atoms with Gasteiger partial charge in [0.1, 0.15) is 5.82 Å². The molecule has 1 aromatic carbocycles. The molecule has 0 bridgehead atoms. The molecule has 0 unspecified atom stereocenters. The minimum absolute atomic E-state index is 0.0349. The molecule has 1 N–H and O–H groups in total. The van der Waals surface area contributed by atoms with Gasteiger partial charge in [-0.25, -0.2) is 9.37 Å². The zero-order valence-corrected chi connectivity index (χ0v) is 16.1. The number of anilines is 2. The number of benzene rings is 1. The van der Waals surface area contributed by atoms with E-state index in [1.54, 1.807) is 18.9 Å². The molecule has 0 saturated heterocycles. The number of likely N-dealkylation sites (N-methyl/N-ethyl adjacent to an activating group) is 1. The lowest BCUT2D eigenvalue weighted by Crippen LogP contribution is -2.30. The van der Waals surface area contributed by atoms with E-state index in [2.05, 4.69) is 15.4 Å². The van der Waals surface area contributed by atoms with Gasteiger partial charge in [-0.2, -0.15) is 4.52 Å². The van der Waals surface area contributed by atoms with Crippen LogP contribution in [0.1, 0.15) is 24.6 Å². The van der Waals surface area contributed by atoms with Crippen LogP contribution in [0.25, 0.3) is 4.96 Å². The molecule has 142 valence electrons. The predicted molar refractivity (Wildman–Crippen MR) is 104 cm³/mol. The number of carbonyl (C=O) groups is 1. The predicted octanol–water partition coefficient (Wildman–Crippen LogP) is 2.63. The van der Waals surface area contributed by atoms with Crippen molar-refractivity contribution in [2.75, 3.05) is 23.8 Å². The van der Waals surface area contributed by atoms with Crippen LogP contribution in [0.3, 0.4) is 0 Å².